The van der Waals surface area contributed by atoms with Crippen LogP contribution in [0.25, 0.3) is 11.0 Å². The summed E-state index contributed by atoms with van der Waals surface area (Å²) in [5, 5.41) is 31.2. The molecule has 188 valence electrons. The summed E-state index contributed by atoms with van der Waals surface area (Å²) >= 11 is 0. The first kappa shape index (κ1) is 23.0. The summed E-state index contributed by atoms with van der Waals surface area (Å²) in [5.41, 5.74) is 3.85. The van der Waals surface area contributed by atoms with Gasteiger partial charge >= 0.3 is 5.63 Å². The van der Waals surface area contributed by atoms with Gasteiger partial charge in [0.15, 0.2) is 11.5 Å². The van der Waals surface area contributed by atoms with Crippen molar-refractivity contribution in [3.63, 3.8) is 0 Å². The van der Waals surface area contributed by atoms with Crippen LogP contribution in [0.2, 0.25) is 0 Å². The molecule has 0 amide bonds. The maximum Gasteiger partial charge on any atom is 0.336 e. The smallest absolute Gasteiger partial charge is 0.336 e. The molecular weight excluding hydrogens is 472 g/mol. The zero-order chi connectivity index (χ0) is 25.8. The van der Waals surface area contributed by atoms with Gasteiger partial charge in [-0.15, -0.1) is 0 Å². The molecule has 3 aromatic carbocycles. The van der Waals surface area contributed by atoms with Gasteiger partial charge in [0, 0.05) is 41.0 Å². The molecule has 1 aliphatic heterocycles. The third-order valence-electron chi connectivity index (χ3n) is 7.54. The second-order valence-corrected chi connectivity index (χ2v) is 9.82. The lowest BCUT2D eigenvalue weighted by atomic mass is 9.63. The first-order valence-electron chi connectivity index (χ1n) is 12.1. The molecule has 0 bridgehead atoms. The van der Waals surface area contributed by atoms with Crippen molar-refractivity contribution in [3.8, 4) is 28.7 Å². The van der Waals surface area contributed by atoms with E-state index in [0.29, 0.717) is 22.6 Å². The van der Waals surface area contributed by atoms with Crippen LogP contribution in [0.5, 0.6) is 28.7 Å². The number of ether oxygens (including phenoxy) is 2. The number of rotatable bonds is 3. The van der Waals surface area contributed by atoms with Gasteiger partial charge in [0.1, 0.15) is 28.9 Å². The van der Waals surface area contributed by atoms with Gasteiger partial charge in [0.25, 0.3) is 0 Å². The van der Waals surface area contributed by atoms with Gasteiger partial charge in [0.05, 0.1) is 7.11 Å². The summed E-state index contributed by atoms with van der Waals surface area (Å²) in [6, 6.07) is 16.8. The molecule has 37 heavy (non-hydrogen) atoms. The summed E-state index contributed by atoms with van der Waals surface area (Å²) in [6.45, 7) is 2.10. The average molecular weight is 499 g/mol. The van der Waals surface area contributed by atoms with Crippen molar-refractivity contribution >= 4 is 11.0 Å². The number of benzene rings is 3. The van der Waals surface area contributed by atoms with E-state index in [4.69, 9.17) is 13.9 Å². The van der Waals surface area contributed by atoms with Crippen LogP contribution < -0.4 is 15.1 Å². The van der Waals surface area contributed by atoms with E-state index in [-0.39, 0.29) is 35.0 Å². The Morgan fingerprint density at radius 3 is 2.54 bits per heavy atom. The molecule has 1 aromatic heterocycles. The predicted molar refractivity (Wildman–Crippen MR) is 138 cm³/mol. The Bertz CT molecular complexity index is 1620. The minimum absolute atomic E-state index is 0.0379. The van der Waals surface area contributed by atoms with E-state index < -0.39 is 11.7 Å². The molecule has 0 fully saturated rings. The number of fused-ring (bicyclic) bond motifs is 4. The summed E-state index contributed by atoms with van der Waals surface area (Å²) in [4.78, 5) is 11.9. The number of methoxy groups -OCH3 is 1. The molecule has 3 N–H and O–H groups in total. The van der Waals surface area contributed by atoms with Crippen LogP contribution in [0, 0.1) is 5.92 Å². The van der Waals surface area contributed by atoms with Gasteiger partial charge in [0.2, 0.25) is 0 Å². The van der Waals surface area contributed by atoms with Crippen molar-refractivity contribution in [1.82, 2.24) is 0 Å². The van der Waals surface area contributed by atoms with Crippen molar-refractivity contribution in [2.45, 2.75) is 31.3 Å². The summed E-state index contributed by atoms with van der Waals surface area (Å²) in [5.74, 6) is 0.682. The highest BCUT2D eigenvalue weighted by Crippen LogP contribution is 2.58. The van der Waals surface area contributed by atoms with Crippen molar-refractivity contribution in [1.29, 1.82) is 0 Å². The highest BCUT2D eigenvalue weighted by Gasteiger charge is 2.46. The number of allylic oxidation sites excluding steroid dienone is 2. The molecule has 7 heteroatoms. The minimum atomic E-state index is -0.496. The third kappa shape index (κ3) is 3.87. The molecule has 6 rings (SSSR count). The highest BCUT2D eigenvalue weighted by molar-refractivity contribution is 5.80. The van der Waals surface area contributed by atoms with E-state index in [1.165, 1.54) is 23.8 Å². The van der Waals surface area contributed by atoms with E-state index in [2.05, 4.69) is 13.0 Å². The molecule has 0 radical (unpaired) electrons. The van der Waals surface area contributed by atoms with E-state index in [1.54, 1.807) is 37.4 Å². The highest BCUT2D eigenvalue weighted by atomic mass is 16.5. The molecule has 2 heterocycles. The first-order chi connectivity index (χ1) is 17.8. The quantitative estimate of drug-likeness (QED) is 0.184. The topological polar surface area (TPSA) is 109 Å². The van der Waals surface area contributed by atoms with Crippen LogP contribution >= 0.6 is 0 Å². The SMILES string of the molecule is COc1cc(O)ccc1[C@@H]1CC(C)=C[C@@H]2c3cc4ccc(=O)oc4cc3O[C@H](c3ccc(O)c(O)c3)[C@H]21. The Morgan fingerprint density at radius 2 is 1.76 bits per heavy atom. The molecule has 4 atom stereocenters. The summed E-state index contributed by atoms with van der Waals surface area (Å²) < 4.78 is 17.7. The molecule has 0 saturated carbocycles. The molecular formula is C30H26O7. The lowest BCUT2D eigenvalue weighted by Crippen LogP contribution is -2.36. The van der Waals surface area contributed by atoms with Gasteiger partial charge in [-0.1, -0.05) is 23.8 Å². The van der Waals surface area contributed by atoms with E-state index in [1.807, 2.05) is 12.1 Å². The molecule has 4 aromatic rings. The second kappa shape index (κ2) is 8.62. The molecule has 0 unspecified atom stereocenters. The molecule has 7 nitrogen and oxygen atoms in total. The molecule has 1 aliphatic carbocycles. The Kier molecular flexibility index (Phi) is 5.37. The fourth-order valence-corrected chi connectivity index (χ4v) is 5.94. The third-order valence-corrected chi connectivity index (χ3v) is 7.54. The molecule has 2 aliphatic rings. The lowest BCUT2D eigenvalue weighted by Gasteiger charge is -2.46. The van der Waals surface area contributed by atoms with Crippen molar-refractivity contribution < 1.29 is 29.2 Å². The fraction of sp³-hybridized carbons (Fsp3) is 0.233. The second-order valence-electron chi connectivity index (χ2n) is 9.82. The van der Waals surface area contributed by atoms with Crippen molar-refractivity contribution in [3.05, 3.63) is 99.4 Å². The van der Waals surface area contributed by atoms with Crippen LogP contribution in [0.15, 0.2) is 81.5 Å². The fourth-order valence-electron chi connectivity index (χ4n) is 5.94. The summed E-state index contributed by atoms with van der Waals surface area (Å²) in [7, 11) is 1.59. The summed E-state index contributed by atoms with van der Waals surface area (Å²) in [6.07, 6.45) is 2.52. The molecule has 0 spiro atoms. The zero-order valence-corrected chi connectivity index (χ0v) is 20.3. The van der Waals surface area contributed by atoms with E-state index in [0.717, 1.165) is 22.9 Å². The Hall–Kier alpha value is -4.39. The largest absolute Gasteiger partial charge is 0.508 e. The van der Waals surface area contributed by atoms with Crippen molar-refractivity contribution in [2.24, 2.45) is 5.92 Å². The minimum Gasteiger partial charge on any atom is -0.508 e. The van der Waals surface area contributed by atoms with Crippen molar-refractivity contribution in [2.75, 3.05) is 7.11 Å². The number of phenols is 3. The lowest BCUT2D eigenvalue weighted by molar-refractivity contribution is 0.0790. The van der Waals surface area contributed by atoms with Gasteiger partial charge in [-0.3, -0.25) is 0 Å². The van der Waals surface area contributed by atoms with Gasteiger partial charge in [-0.25, -0.2) is 4.79 Å². The Labute approximate surface area is 212 Å². The number of hydrogen-bond acceptors (Lipinski definition) is 7. The van der Waals surface area contributed by atoms with Gasteiger partial charge < -0.3 is 29.2 Å². The van der Waals surface area contributed by atoms with E-state index >= 15 is 0 Å². The number of phenolic OH excluding ortho intramolecular Hbond substituents is 3. The standard InChI is InChI=1S/C30H26O7/c1-15-9-21(19-6-5-18(31)13-26(19)35-2)29-22(10-15)20-11-16-4-8-28(34)36-25(16)14-27(20)37-30(29)17-3-7-23(32)24(33)12-17/h3-8,10-14,21-22,29-33H,9H2,1-2H3/t21-,22+,29-,30+/m0/s1. The Balaban J connectivity index is 1.59. The van der Waals surface area contributed by atoms with Crippen LogP contribution in [-0.4, -0.2) is 22.4 Å². The number of aromatic hydroxyl groups is 3. The Morgan fingerprint density at radius 1 is 0.919 bits per heavy atom. The predicted octanol–water partition coefficient (Wildman–Crippen LogP) is 5.89. The van der Waals surface area contributed by atoms with E-state index in [9.17, 15) is 20.1 Å². The maximum atomic E-state index is 11.9. The first-order valence-corrected chi connectivity index (χ1v) is 12.1. The van der Waals surface area contributed by atoms with Crippen LogP contribution in [0.4, 0.5) is 0 Å². The van der Waals surface area contributed by atoms with Gasteiger partial charge in [-0.2, -0.15) is 0 Å². The van der Waals surface area contributed by atoms with Crippen LogP contribution in [-0.2, 0) is 0 Å². The van der Waals surface area contributed by atoms with Crippen LogP contribution in [0.1, 0.15) is 48.0 Å². The number of hydrogen-bond donors (Lipinski definition) is 3. The zero-order valence-electron chi connectivity index (χ0n) is 20.3. The average Bonchev–Trinajstić information content (AvgIpc) is 2.88. The molecule has 0 saturated heterocycles. The normalized spacial score (nSPS) is 22.5. The van der Waals surface area contributed by atoms with Gasteiger partial charge in [-0.05, 0) is 60.7 Å². The monoisotopic (exact) mass is 498 g/mol. The maximum absolute atomic E-state index is 11.9. The van der Waals surface area contributed by atoms with Crippen LogP contribution in [0.3, 0.4) is 0 Å².